The Morgan fingerprint density at radius 3 is 2.07 bits per heavy atom. The van der Waals surface area contributed by atoms with Gasteiger partial charge in [0.2, 0.25) is 5.91 Å². The average molecular weight is 374 g/mol. The van der Waals surface area contributed by atoms with Gasteiger partial charge in [-0.2, -0.15) is 0 Å². The van der Waals surface area contributed by atoms with Crippen LogP contribution < -0.4 is 9.47 Å². The number of benzene rings is 1. The normalized spacial score (nSPS) is 18.7. The van der Waals surface area contributed by atoms with E-state index in [0.717, 1.165) is 38.8 Å². The Balaban J connectivity index is 1.58. The Bertz CT molecular complexity index is 660. The van der Waals surface area contributed by atoms with Crippen LogP contribution in [0.2, 0.25) is 0 Å². The molecule has 0 spiro atoms. The number of ether oxygens (including phenoxy) is 2. The third-order valence-electron chi connectivity index (χ3n) is 5.68. The maximum absolute atomic E-state index is 12.8. The number of carbonyl (C=O) groups excluding carboxylic acids is 2. The lowest BCUT2D eigenvalue weighted by Crippen LogP contribution is -2.44. The van der Waals surface area contributed by atoms with Crippen molar-refractivity contribution in [1.29, 1.82) is 0 Å². The minimum Gasteiger partial charge on any atom is -0.493 e. The predicted octanol–water partition coefficient (Wildman–Crippen LogP) is 2.96. The van der Waals surface area contributed by atoms with E-state index in [0.29, 0.717) is 30.2 Å². The third kappa shape index (κ3) is 4.54. The fourth-order valence-corrected chi connectivity index (χ4v) is 4.03. The number of hydrogen-bond acceptors (Lipinski definition) is 4. The van der Waals surface area contributed by atoms with Crippen LogP contribution in [0, 0.1) is 5.92 Å². The molecular weight excluding hydrogens is 344 g/mol. The molecule has 2 aliphatic rings. The summed E-state index contributed by atoms with van der Waals surface area (Å²) in [7, 11) is 3.14. The molecule has 0 radical (unpaired) electrons. The van der Waals surface area contributed by atoms with Crippen LogP contribution in [0.15, 0.2) is 18.2 Å². The predicted molar refractivity (Wildman–Crippen MR) is 103 cm³/mol. The quantitative estimate of drug-likeness (QED) is 0.813. The molecule has 3 rings (SSSR count). The van der Waals surface area contributed by atoms with Gasteiger partial charge in [0.25, 0.3) is 5.91 Å². The smallest absolute Gasteiger partial charge is 0.253 e. The highest BCUT2D eigenvalue weighted by Crippen LogP contribution is 2.29. The number of likely N-dealkylation sites (tertiary alicyclic amines) is 2. The summed E-state index contributed by atoms with van der Waals surface area (Å²) in [5, 5.41) is 0. The first-order chi connectivity index (χ1) is 13.1. The third-order valence-corrected chi connectivity index (χ3v) is 5.68. The lowest BCUT2D eigenvalue weighted by Gasteiger charge is -2.34. The Morgan fingerprint density at radius 2 is 1.48 bits per heavy atom. The molecule has 6 nitrogen and oxygen atoms in total. The van der Waals surface area contributed by atoms with Crippen LogP contribution in [0.3, 0.4) is 0 Å². The van der Waals surface area contributed by atoms with Gasteiger partial charge in [-0.3, -0.25) is 9.59 Å². The lowest BCUT2D eigenvalue weighted by molar-refractivity contribution is -0.136. The van der Waals surface area contributed by atoms with Gasteiger partial charge in [-0.1, -0.05) is 12.8 Å². The summed E-state index contributed by atoms with van der Waals surface area (Å²) in [4.78, 5) is 29.5. The highest BCUT2D eigenvalue weighted by atomic mass is 16.5. The molecule has 0 saturated carbocycles. The van der Waals surface area contributed by atoms with Crippen LogP contribution in [-0.4, -0.2) is 62.0 Å². The zero-order valence-electron chi connectivity index (χ0n) is 16.4. The highest BCUT2D eigenvalue weighted by Gasteiger charge is 2.31. The molecule has 0 aromatic heterocycles. The number of rotatable bonds is 4. The summed E-state index contributed by atoms with van der Waals surface area (Å²) >= 11 is 0. The van der Waals surface area contributed by atoms with E-state index < -0.39 is 0 Å². The molecule has 27 heavy (non-hydrogen) atoms. The van der Waals surface area contributed by atoms with E-state index in [1.54, 1.807) is 32.4 Å². The van der Waals surface area contributed by atoms with E-state index in [-0.39, 0.29) is 17.7 Å². The SMILES string of the molecule is COc1ccc(C(=O)N2CCC(C(=O)N3CCCCCC3)CC2)cc1OC. The molecule has 2 amide bonds. The Kier molecular flexibility index (Phi) is 6.58. The first kappa shape index (κ1) is 19.5. The van der Waals surface area contributed by atoms with E-state index >= 15 is 0 Å². The molecule has 0 N–H and O–H groups in total. The van der Waals surface area contributed by atoms with Gasteiger partial charge in [-0.25, -0.2) is 0 Å². The summed E-state index contributed by atoms with van der Waals surface area (Å²) < 4.78 is 10.5. The van der Waals surface area contributed by atoms with Crippen molar-refractivity contribution in [3.05, 3.63) is 23.8 Å². The molecular formula is C21H30N2O4. The lowest BCUT2D eigenvalue weighted by atomic mass is 9.94. The second-order valence-corrected chi connectivity index (χ2v) is 7.38. The van der Waals surface area contributed by atoms with Gasteiger partial charge in [0, 0.05) is 37.7 Å². The van der Waals surface area contributed by atoms with E-state index in [9.17, 15) is 9.59 Å². The van der Waals surface area contributed by atoms with E-state index in [1.807, 2.05) is 9.80 Å². The van der Waals surface area contributed by atoms with Gasteiger partial charge in [0.15, 0.2) is 11.5 Å². The summed E-state index contributed by atoms with van der Waals surface area (Å²) in [6.07, 6.45) is 6.16. The van der Waals surface area contributed by atoms with Crippen LogP contribution in [0.5, 0.6) is 11.5 Å². The summed E-state index contributed by atoms with van der Waals surface area (Å²) in [5.41, 5.74) is 0.588. The minimum absolute atomic E-state index is 0.0170. The van der Waals surface area contributed by atoms with Gasteiger partial charge >= 0.3 is 0 Å². The van der Waals surface area contributed by atoms with Crippen LogP contribution in [0.4, 0.5) is 0 Å². The van der Waals surface area contributed by atoms with Crippen LogP contribution in [-0.2, 0) is 4.79 Å². The summed E-state index contributed by atoms with van der Waals surface area (Å²) in [6, 6.07) is 5.23. The van der Waals surface area contributed by atoms with Crippen LogP contribution >= 0.6 is 0 Å². The fourth-order valence-electron chi connectivity index (χ4n) is 4.03. The monoisotopic (exact) mass is 374 g/mol. The summed E-state index contributed by atoms with van der Waals surface area (Å²) in [6.45, 7) is 3.03. The second-order valence-electron chi connectivity index (χ2n) is 7.38. The Hall–Kier alpha value is -2.24. The number of hydrogen-bond donors (Lipinski definition) is 0. The Morgan fingerprint density at radius 1 is 0.852 bits per heavy atom. The topological polar surface area (TPSA) is 59.1 Å². The first-order valence-corrected chi connectivity index (χ1v) is 9.94. The van der Waals surface area contributed by atoms with E-state index in [1.165, 1.54) is 12.8 Å². The maximum Gasteiger partial charge on any atom is 0.253 e. The number of piperidine rings is 1. The number of methoxy groups -OCH3 is 2. The molecule has 0 bridgehead atoms. The molecule has 2 fully saturated rings. The zero-order valence-corrected chi connectivity index (χ0v) is 16.4. The first-order valence-electron chi connectivity index (χ1n) is 9.94. The molecule has 1 aromatic rings. The molecule has 0 aliphatic carbocycles. The van der Waals surface area contributed by atoms with Gasteiger partial charge in [-0.05, 0) is 43.9 Å². The second kappa shape index (κ2) is 9.11. The molecule has 0 atom stereocenters. The molecule has 148 valence electrons. The minimum atomic E-state index is -0.0170. The van der Waals surface area contributed by atoms with Crippen molar-refractivity contribution in [3.63, 3.8) is 0 Å². The van der Waals surface area contributed by atoms with Gasteiger partial charge in [-0.15, -0.1) is 0 Å². The Labute approximate surface area is 161 Å². The van der Waals surface area contributed by atoms with Gasteiger partial charge in [0.1, 0.15) is 0 Å². The molecule has 1 aromatic carbocycles. The van der Waals surface area contributed by atoms with Crippen LogP contribution in [0.1, 0.15) is 48.9 Å². The standard InChI is InChI=1S/C21H30N2O4/c1-26-18-8-7-17(15-19(18)27-2)21(25)23-13-9-16(10-14-23)20(24)22-11-5-3-4-6-12-22/h7-8,15-16H,3-6,9-14H2,1-2H3. The largest absolute Gasteiger partial charge is 0.493 e. The zero-order chi connectivity index (χ0) is 19.2. The van der Waals surface area contributed by atoms with Crippen molar-refractivity contribution in [2.24, 2.45) is 5.92 Å². The maximum atomic E-state index is 12.8. The van der Waals surface area contributed by atoms with E-state index in [2.05, 4.69) is 0 Å². The van der Waals surface area contributed by atoms with Crippen molar-refractivity contribution < 1.29 is 19.1 Å². The molecule has 6 heteroatoms. The molecule has 2 heterocycles. The number of carbonyl (C=O) groups is 2. The highest BCUT2D eigenvalue weighted by molar-refractivity contribution is 5.95. The van der Waals surface area contributed by atoms with E-state index in [4.69, 9.17) is 9.47 Å². The van der Waals surface area contributed by atoms with Gasteiger partial charge in [0.05, 0.1) is 14.2 Å². The van der Waals surface area contributed by atoms with Crippen molar-refractivity contribution in [2.45, 2.75) is 38.5 Å². The fraction of sp³-hybridized carbons (Fsp3) is 0.619. The van der Waals surface area contributed by atoms with Crippen molar-refractivity contribution >= 4 is 11.8 Å². The molecule has 2 aliphatic heterocycles. The van der Waals surface area contributed by atoms with Crippen molar-refractivity contribution in [1.82, 2.24) is 9.80 Å². The van der Waals surface area contributed by atoms with Gasteiger partial charge < -0.3 is 19.3 Å². The van der Waals surface area contributed by atoms with Crippen molar-refractivity contribution in [2.75, 3.05) is 40.4 Å². The van der Waals surface area contributed by atoms with Crippen molar-refractivity contribution in [3.8, 4) is 11.5 Å². The molecule has 0 unspecified atom stereocenters. The summed E-state index contributed by atoms with van der Waals surface area (Å²) in [5.74, 6) is 1.48. The number of amides is 2. The number of nitrogens with zero attached hydrogens (tertiary/aromatic N) is 2. The van der Waals surface area contributed by atoms with Crippen LogP contribution in [0.25, 0.3) is 0 Å². The molecule has 2 saturated heterocycles. The average Bonchev–Trinajstić information content (AvgIpc) is 3.02.